The predicted octanol–water partition coefficient (Wildman–Crippen LogP) is 3.75. The van der Waals surface area contributed by atoms with E-state index in [0.717, 1.165) is 24.3 Å². The Labute approximate surface area is 259 Å². The van der Waals surface area contributed by atoms with Gasteiger partial charge in [-0.3, -0.25) is 19.2 Å². The quantitative estimate of drug-likeness (QED) is 0.0785. The Kier molecular flexibility index (Phi) is 8.93. The van der Waals surface area contributed by atoms with Gasteiger partial charge in [-0.1, -0.05) is 0 Å². The molecule has 238 valence electrons. The summed E-state index contributed by atoms with van der Waals surface area (Å²) in [6.45, 7) is 0. The highest BCUT2D eigenvalue weighted by atomic mass is 16.5. The van der Waals surface area contributed by atoms with E-state index in [9.17, 15) is 49.8 Å². The summed E-state index contributed by atoms with van der Waals surface area (Å²) in [6.07, 6.45) is 0. The van der Waals surface area contributed by atoms with Gasteiger partial charge in [0.2, 0.25) is 23.1 Å². The SMILES string of the molecule is COc1cc(OC)c(-c2cc(C(=O)C(=O)c3cc(O)c(O)c(O)c3)c(OC)cc2OC)cc1C(=O)C(=O)c1cc(O)c(O)c(O)c1. The first-order valence-corrected chi connectivity index (χ1v) is 13.0. The maximum absolute atomic E-state index is 13.5. The van der Waals surface area contributed by atoms with Gasteiger partial charge in [0.05, 0.1) is 39.6 Å². The first-order chi connectivity index (χ1) is 21.8. The van der Waals surface area contributed by atoms with Gasteiger partial charge in [-0.15, -0.1) is 0 Å². The third-order valence-corrected chi connectivity index (χ3v) is 6.90. The summed E-state index contributed by atoms with van der Waals surface area (Å²) in [7, 11) is 5.04. The van der Waals surface area contributed by atoms with Crippen molar-refractivity contribution in [2.75, 3.05) is 28.4 Å². The summed E-state index contributed by atoms with van der Waals surface area (Å²) in [6, 6.07) is 8.13. The number of hydrogen-bond acceptors (Lipinski definition) is 14. The summed E-state index contributed by atoms with van der Waals surface area (Å²) < 4.78 is 21.6. The van der Waals surface area contributed by atoms with Crippen molar-refractivity contribution in [1.29, 1.82) is 0 Å². The molecule has 4 aromatic carbocycles. The molecule has 0 amide bonds. The standard InChI is InChI=1S/C32H26O14/c1-43-23-11-25(45-3)17(29(39)27(37)13-5-19(33)31(41)20(34)6-13)9-15(23)16-10-18(26(46-4)12-24(16)44-2)30(40)28(38)14-7-21(35)32(42)22(36)8-14/h5-12,33-36,41-42H,1-4H3. The lowest BCUT2D eigenvalue weighted by Crippen LogP contribution is -2.16. The molecule has 0 aliphatic rings. The fourth-order valence-electron chi connectivity index (χ4n) is 4.55. The number of carbonyl (C=O) groups excluding carboxylic acids is 4. The second-order valence-corrected chi connectivity index (χ2v) is 9.55. The molecule has 0 unspecified atom stereocenters. The number of phenolic OH excluding ortho intramolecular Hbond substituents is 6. The molecular formula is C32H26O14. The van der Waals surface area contributed by atoms with E-state index in [1.165, 1.54) is 52.7 Å². The van der Waals surface area contributed by atoms with Crippen LogP contribution >= 0.6 is 0 Å². The molecule has 0 radical (unpaired) electrons. The average Bonchev–Trinajstić information content (AvgIpc) is 3.06. The minimum atomic E-state index is -1.19. The summed E-state index contributed by atoms with van der Waals surface area (Å²) in [4.78, 5) is 53.2. The van der Waals surface area contributed by atoms with E-state index >= 15 is 0 Å². The topological polar surface area (TPSA) is 227 Å². The molecule has 0 aromatic heterocycles. The lowest BCUT2D eigenvalue weighted by Gasteiger charge is -2.18. The molecule has 0 heterocycles. The van der Waals surface area contributed by atoms with Gasteiger partial charge in [-0.2, -0.15) is 0 Å². The number of rotatable bonds is 11. The fraction of sp³-hybridized carbons (Fsp3) is 0.125. The molecule has 0 aliphatic carbocycles. The van der Waals surface area contributed by atoms with Gasteiger partial charge in [-0.05, 0) is 36.4 Å². The van der Waals surface area contributed by atoms with Crippen molar-refractivity contribution in [2.45, 2.75) is 0 Å². The first kappa shape index (κ1) is 32.5. The van der Waals surface area contributed by atoms with Crippen LogP contribution in [0.3, 0.4) is 0 Å². The van der Waals surface area contributed by atoms with E-state index in [1.54, 1.807) is 0 Å². The van der Waals surface area contributed by atoms with Crippen LogP contribution in [-0.2, 0) is 0 Å². The molecule has 0 aliphatic heterocycles. The molecule has 6 N–H and O–H groups in total. The number of methoxy groups -OCH3 is 4. The van der Waals surface area contributed by atoms with Gasteiger partial charge in [0.1, 0.15) is 23.0 Å². The van der Waals surface area contributed by atoms with Gasteiger partial charge in [0.15, 0.2) is 34.5 Å². The molecule has 0 saturated heterocycles. The first-order valence-electron chi connectivity index (χ1n) is 13.0. The maximum atomic E-state index is 13.5. The van der Waals surface area contributed by atoms with E-state index in [-0.39, 0.29) is 45.3 Å². The van der Waals surface area contributed by atoms with Crippen LogP contribution in [0.25, 0.3) is 11.1 Å². The molecule has 4 aromatic rings. The predicted molar refractivity (Wildman–Crippen MR) is 158 cm³/mol. The highest BCUT2D eigenvalue weighted by Gasteiger charge is 2.30. The Bertz CT molecular complexity index is 1740. The van der Waals surface area contributed by atoms with Crippen LogP contribution in [0.4, 0.5) is 0 Å². The number of ketones is 4. The van der Waals surface area contributed by atoms with Gasteiger partial charge >= 0.3 is 0 Å². The molecule has 4 rings (SSSR count). The van der Waals surface area contributed by atoms with Gasteiger partial charge in [0, 0.05) is 34.4 Å². The number of hydrogen-bond donors (Lipinski definition) is 6. The van der Waals surface area contributed by atoms with Crippen LogP contribution in [0, 0.1) is 0 Å². The Morgan fingerprint density at radius 2 is 0.696 bits per heavy atom. The van der Waals surface area contributed by atoms with Crippen molar-refractivity contribution in [3.8, 4) is 68.6 Å². The Hall–Kier alpha value is -6.44. The zero-order valence-corrected chi connectivity index (χ0v) is 24.6. The number of phenols is 6. The van der Waals surface area contributed by atoms with Crippen molar-refractivity contribution in [3.63, 3.8) is 0 Å². The Balaban J connectivity index is 1.90. The van der Waals surface area contributed by atoms with E-state index in [4.69, 9.17) is 18.9 Å². The second kappa shape index (κ2) is 12.7. The third-order valence-electron chi connectivity index (χ3n) is 6.90. The zero-order chi connectivity index (χ0) is 34.0. The van der Waals surface area contributed by atoms with E-state index in [1.807, 2.05) is 0 Å². The number of Topliss-reactive ketones (excluding diaryl/α,β-unsaturated/α-hetero) is 4. The van der Waals surface area contributed by atoms with Crippen molar-refractivity contribution in [2.24, 2.45) is 0 Å². The van der Waals surface area contributed by atoms with Gasteiger partial charge in [0.25, 0.3) is 0 Å². The van der Waals surface area contributed by atoms with Crippen LogP contribution in [0.15, 0.2) is 48.5 Å². The summed E-state index contributed by atoms with van der Waals surface area (Å²) in [5.74, 6) is -9.92. The highest BCUT2D eigenvalue weighted by Crippen LogP contribution is 2.44. The minimum Gasteiger partial charge on any atom is -0.504 e. The molecule has 0 spiro atoms. The summed E-state index contributed by atoms with van der Waals surface area (Å²) >= 11 is 0. The number of benzene rings is 4. The summed E-state index contributed by atoms with van der Waals surface area (Å²) in [5, 5.41) is 58.6. The monoisotopic (exact) mass is 634 g/mol. The van der Waals surface area contributed by atoms with Gasteiger partial charge < -0.3 is 49.6 Å². The zero-order valence-electron chi connectivity index (χ0n) is 24.6. The van der Waals surface area contributed by atoms with Crippen LogP contribution in [-0.4, -0.2) is 82.2 Å². The minimum absolute atomic E-state index is 0.0716. The van der Waals surface area contributed by atoms with Gasteiger partial charge in [-0.25, -0.2) is 0 Å². The Morgan fingerprint density at radius 3 is 0.957 bits per heavy atom. The molecule has 0 saturated carbocycles. The molecule has 46 heavy (non-hydrogen) atoms. The maximum Gasteiger partial charge on any atom is 0.237 e. The van der Waals surface area contributed by atoms with Crippen molar-refractivity contribution in [1.82, 2.24) is 0 Å². The molecule has 14 heteroatoms. The molecule has 0 bridgehead atoms. The van der Waals surface area contributed by atoms with E-state index in [2.05, 4.69) is 0 Å². The van der Waals surface area contributed by atoms with Crippen molar-refractivity contribution in [3.05, 3.63) is 70.8 Å². The van der Waals surface area contributed by atoms with E-state index in [0.29, 0.717) is 0 Å². The fourth-order valence-corrected chi connectivity index (χ4v) is 4.55. The number of aromatic hydroxyl groups is 6. The molecule has 14 nitrogen and oxygen atoms in total. The Morgan fingerprint density at radius 1 is 0.413 bits per heavy atom. The number of ether oxygens (including phenoxy) is 4. The summed E-state index contributed by atoms with van der Waals surface area (Å²) in [5.41, 5.74) is -1.36. The smallest absolute Gasteiger partial charge is 0.237 e. The van der Waals surface area contributed by atoms with Crippen LogP contribution in [0.5, 0.6) is 57.5 Å². The number of carbonyl (C=O) groups is 4. The van der Waals surface area contributed by atoms with Crippen LogP contribution in [0.1, 0.15) is 41.4 Å². The lowest BCUT2D eigenvalue weighted by molar-refractivity contribution is 0.0814. The largest absolute Gasteiger partial charge is 0.504 e. The normalized spacial score (nSPS) is 10.6. The van der Waals surface area contributed by atoms with Crippen molar-refractivity contribution < 1.29 is 68.8 Å². The lowest BCUT2D eigenvalue weighted by atomic mass is 9.92. The van der Waals surface area contributed by atoms with Crippen molar-refractivity contribution >= 4 is 23.1 Å². The highest BCUT2D eigenvalue weighted by molar-refractivity contribution is 6.50. The molecule has 0 atom stereocenters. The second-order valence-electron chi connectivity index (χ2n) is 9.55. The van der Waals surface area contributed by atoms with Crippen LogP contribution < -0.4 is 18.9 Å². The third kappa shape index (κ3) is 5.74. The molecule has 0 fully saturated rings. The van der Waals surface area contributed by atoms with Crippen LogP contribution in [0.2, 0.25) is 0 Å². The average molecular weight is 635 g/mol. The molecular weight excluding hydrogens is 608 g/mol. The van der Waals surface area contributed by atoms with E-state index < -0.39 is 68.8 Å².